The third kappa shape index (κ3) is 2.54. The molecule has 1 rings (SSSR count). The Kier molecular flexibility index (Phi) is 3.92. The molecular formula is C10H17NOS. The van der Waals surface area contributed by atoms with Crippen LogP contribution in [0.2, 0.25) is 0 Å². The predicted octanol–water partition coefficient (Wildman–Crippen LogP) is 2.08. The van der Waals surface area contributed by atoms with Gasteiger partial charge in [0.25, 0.3) is 0 Å². The van der Waals surface area contributed by atoms with Crippen LogP contribution in [0.25, 0.3) is 0 Å². The molecule has 0 aromatic rings. The van der Waals surface area contributed by atoms with Crippen LogP contribution in [-0.2, 0) is 10.8 Å². The number of nitriles is 1. The summed E-state index contributed by atoms with van der Waals surface area (Å²) in [7, 11) is -0.827. The Bertz CT molecular complexity index is 234. The van der Waals surface area contributed by atoms with Gasteiger partial charge in [-0.05, 0) is 25.2 Å². The molecule has 0 bridgehead atoms. The molecule has 13 heavy (non-hydrogen) atoms. The summed E-state index contributed by atoms with van der Waals surface area (Å²) in [4.78, 5) is 0. The molecule has 74 valence electrons. The third-order valence-electron chi connectivity index (χ3n) is 3.07. The molecular weight excluding hydrogens is 182 g/mol. The molecule has 0 heterocycles. The molecule has 4 atom stereocenters. The first kappa shape index (κ1) is 10.7. The van der Waals surface area contributed by atoms with Gasteiger partial charge in [0.05, 0.1) is 17.2 Å². The second kappa shape index (κ2) is 4.76. The van der Waals surface area contributed by atoms with Crippen LogP contribution in [0.15, 0.2) is 0 Å². The summed E-state index contributed by atoms with van der Waals surface area (Å²) in [5, 5.41) is 9.01. The second-order valence-electron chi connectivity index (χ2n) is 3.86. The summed E-state index contributed by atoms with van der Waals surface area (Å²) >= 11 is 0. The van der Waals surface area contributed by atoms with Crippen LogP contribution in [-0.4, -0.2) is 15.7 Å². The van der Waals surface area contributed by atoms with Crippen LogP contribution in [0, 0.1) is 23.2 Å². The Morgan fingerprint density at radius 3 is 2.69 bits per heavy atom. The van der Waals surface area contributed by atoms with E-state index in [1.165, 1.54) is 0 Å². The Hall–Kier alpha value is -0.360. The number of rotatable bonds is 2. The van der Waals surface area contributed by atoms with E-state index in [2.05, 4.69) is 13.0 Å². The first-order chi connectivity index (χ1) is 6.19. The van der Waals surface area contributed by atoms with E-state index in [9.17, 15) is 4.21 Å². The van der Waals surface area contributed by atoms with Crippen LogP contribution in [0.3, 0.4) is 0 Å². The van der Waals surface area contributed by atoms with Gasteiger partial charge in [-0.15, -0.1) is 0 Å². The minimum atomic E-state index is -0.827. The maximum atomic E-state index is 11.4. The zero-order valence-corrected chi connectivity index (χ0v) is 9.14. The van der Waals surface area contributed by atoms with Gasteiger partial charge < -0.3 is 0 Å². The molecule has 1 fully saturated rings. The fourth-order valence-corrected chi connectivity index (χ4v) is 3.30. The lowest BCUT2D eigenvalue weighted by molar-refractivity contribution is 0.313. The molecule has 0 N–H and O–H groups in total. The van der Waals surface area contributed by atoms with Gasteiger partial charge in [0.1, 0.15) is 0 Å². The van der Waals surface area contributed by atoms with Gasteiger partial charge in [-0.1, -0.05) is 13.3 Å². The molecule has 0 saturated heterocycles. The van der Waals surface area contributed by atoms with Crippen molar-refractivity contribution in [3.05, 3.63) is 0 Å². The monoisotopic (exact) mass is 199 g/mol. The Morgan fingerprint density at radius 1 is 1.54 bits per heavy atom. The minimum Gasteiger partial charge on any atom is -0.260 e. The standard InChI is InChI=1S/C10H17NOS/c1-3-8-4-5-9(7-11)10(6-8)13(2)12/h8-10H,3-6H2,1-2H3. The minimum absolute atomic E-state index is 0.0358. The average molecular weight is 199 g/mol. The van der Waals surface area contributed by atoms with E-state index in [-0.39, 0.29) is 11.2 Å². The fraction of sp³-hybridized carbons (Fsp3) is 0.900. The molecule has 0 spiro atoms. The number of hydrogen-bond acceptors (Lipinski definition) is 2. The smallest absolute Gasteiger partial charge is 0.0668 e. The molecule has 1 aliphatic carbocycles. The summed E-state index contributed by atoms with van der Waals surface area (Å²) in [6.45, 7) is 2.17. The SMILES string of the molecule is CCC1CCC(C#N)C(S(C)=O)C1. The van der Waals surface area contributed by atoms with Crippen LogP contribution >= 0.6 is 0 Å². The van der Waals surface area contributed by atoms with Crippen molar-refractivity contribution in [1.82, 2.24) is 0 Å². The fourth-order valence-electron chi connectivity index (χ4n) is 2.10. The summed E-state index contributed by atoms with van der Waals surface area (Å²) in [6.07, 6.45) is 5.96. The first-order valence-corrected chi connectivity index (χ1v) is 6.53. The lowest BCUT2D eigenvalue weighted by Crippen LogP contribution is -2.31. The molecule has 0 amide bonds. The van der Waals surface area contributed by atoms with Crippen molar-refractivity contribution in [3.63, 3.8) is 0 Å². The Balaban J connectivity index is 2.64. The molecule has 1 saturated carbocycles. The molecule has 3 heteroatoms. The van der Waals surface area contributed by atoms with Crippen molar-refractivity contribution < 1.29 is 4.21 Å². The zero-order chi connectivity index (χ0) is 9.84. The molecule has 0 radical (unpaired) electrons. The Morgan fingerprint density at radius 2 is 2.23 bits per heavy atom. The van der Waals surface area contributed by atoms with E-state index in [4.69, 9.17) is 5.26 Å². The van der Waals surface area contributed by atoms with Gasteiger partial charge in [-0.3, -0.25) is 4.21 Å². The second-order valence-corrected chi connectivity index (χ2v) is 5.46. The lowest BCUT2D eigenvalue weighted by atomic mass is 9.81. The highest BCUT2D eigenvalue weighted by atomic mass is 32.2. The quantitative estimate of drug-likeness (QED) is 0.683. The highest BCUT2D eigenvalue weighted by molar-refractivity contribution is 7.84. The van der Waals surface area contributed by atoms with Crippen molar-refractivity contribution in [1.29, 1.82) is 5.26 Å². The molecule has 0 aromatic carbocycles. The van der Waals surface area contributed by atoms with E-state index >= 15 is 0 Å². The highest BCUT2D eigenvalue weighted by Crippen LogP contribution is 2.33. The van der Waals surface area contributed by atoms with Gasteiger partial charge in [-0.25, -0.2) is 0 Å². The molecule has 2 nitrogen and oxygen atoms in total. The maximum absolute atomic E-state index is 11.4. The van der Waals surface area contributed by atoms with Crippen LogP contribution < -0.4 is 0 Å². The summed E-state index contributed by atoms with van der Waals surface area (Å²) in [6, 6.07) is 2.29. The van der Waals surface area contributed by atoms with Crippen molar-refractivity contribution in [2.45, 2.75) is 37.9 Å². The summed E-state index contributed by atoms with van der Waals surface area (Å²) in [5.41, 5.74) is 0. The lowest BCUT2D eigenvalue weighted by Gasteiger charge is -2.30. The maximum Gasteiger partial charge on any atom is 0.0668 e. The number of hydrogen-bond donors (Lipinski definition) is 0. The molecule has 4 unspecified atom stereocenters. The van der Waals surface area contributed by atoms with E-state index in [0.29, 0.717) is 5.92 Å². The molecule has 0 aliphatic heterocycles. The summed E-state index contributed by atoms with van der Waals surface area (Å²) in [5.74, 6) is 0.729. The van der Waals surface area contributed by atoms with E-state index in [1.54, 1.807) is 6.26 Å². The van der Waals surface area contributed by atoms with Crippen LogP contribution in [0.5, 0.6) is 0 Å². The van der Waals surface area contributed by atoms with E-state index in [1.807, 2.05) is 0 Å². The van der Waals surface area contributed by atoms with Crippen molar-refractivity contribution in [2.24, 2.45) is 11.8 Å². The molecule has 1 aliphatic rings. The van der Waals surface area contributed by atoms with E-state index in [0.717, 1.165) is 25.7 Å². The normalized spacial score (nSPS) is 36.5. The molecule has 0 aromatic heterocycles. The van der Waals surface area contributed by atoms with Crippen molar-refractivity contribution in [3.8, 4) is 6.07 Å². The largest absolute Gasteiger partial charge is 0.260 e. The average Bonchev–Trinajstić information content (AvgIpc) is 2.16. The van der Waals surface area contributed by atoms with Gasteiger partial charge in [0, 0.05) is 17.1 Å². The Labute approximate surface area is 82.8 Å². The van der Waals surface area contributed by atoms with Gasteiger partial charge >= 0.3 is 0 Å². The van der Waals surface area contributed by atoms with Gasteiger partial charge in [-0.2, -0.15) is 5.26 Å². The van der Waals surface area contributed by atoms with Crippen LogP contribution in [0.4, 0.5) is 0 Å². The topological polar surface area (TPSA) is 40.9 Å². The van der Waals surface area contributed by atoms with Gasteiger partial charge in [0.2, 0.25) is 0 Å². The summed E-state index contributed by atoms with van der Waals surface area (Å²) < 4.78 is 11.4. The van der Waals surface area contributed by atoms with Gasteiger partial charge in [0.15, 0.2) is 0 Å². The predicted molar refractivity (Wildman–Crippen MR) is 54.6 cm³/mol. The zero-order valence-electron chi connectivity index (χ0n) is 8.32. The first-order valence-electron chi connectivity index (χ1n) is 4.90. The third-order valence-corrected chi connectivity index (χ3v) is 4.44. The highest BCUT2D eigenvalue weighted by Gasteiger charge is 2.31. The van der Waals surface area contributed by atoms with Crippen molar-refractivity contribution >= 4 is 10.8 Å². The van der Waals surface area contributed by atoms with Crippen LogP contribution in [0.1, 0.15) is 32.6 Å². The van der Waals surface area contributed by atoms with E-state index < -0.39 is 10.8 Å². The van der Waals surface area contributed by atoms with Crippen molar-refractivity contribution in [2.75, 3.05) is 6.26 Å². The number of nitrogens with zero attached hydrogens (tertiary/aromatic N) is 1.